The molecule has 1 heterocycles. The van der Waals surface area contributed by atoms with E-state index in [1.807, 2.05) is 23.9 Å². The normalized spacial score (nSPS) is 22.7. The molecule has 1 atom stereocenters. The van der Waals surface area contributed by atoms with E-state index in [4.69, 9.17) is 16.6 Å². The molecular weight excluding hydrogens is 300 g/mol. The Morgan fingerprint density at radius 2 is 1.90 bits per heavy atom. The van der Waals surface area contributed by atoms with Gasteiger partial charge in [-0.15, -0.1) is 0 Å². The van der Waals surface area contributed by atoms with Gasteiger partial charge in [-0.1, -0.05) is 54.8 Å². The fourth-order valence-electron chi connectivity index (χ4n) is 3.26. The maximum Gasteiger partial charge on any atom is 0.157 e. The lowest BCUT2D eigenvalue weighted by Crippen LogP contribution is -2.37. The lowest BCUT2D eigenvalue weighted by Gasteiger charge is -2.38. The Hall–Kier alpha value is -0.670. The van der Waals surface area contributed by atoms with Crippen LogP contribution in [0.4, 0.5) is 0 Å². The fourth-order valence-corrected chi connectivity index (χ4v) is 4.63. The molecule has 1 fully saturated rings. The molecule has 2 nitrogen and oxygen atoms in total. The van der Waals surface area contributed by atoms with Crippen LogP contribution in [0.5, 0.6) is 0 Å². The zero-order chi connectivity index (χ0) is 14.7. The number of nitrogens with zero attached hydrogens (tertiary/aromatic N) is 1. The average Bonchev–Trinajstić information content (AvgIpc) is 2.51. The summed E-state index contributed by atoms with van der Waals surface area (Å²) in [6.07, 6.45) is 6.92. The van der Waals surface area contributed by atoms with Gasteiger partial charge in [0.15, 0.2) is 5.17 Å². The lowest BCUT2D eigenvalue weighted by atomic mass is 9.75. The summed E-state index contributed by atoms with van der Waals surface area (Å²) in [5, 5.41) is 5.44. The van der Waals surface area contributed by atoms with Gasteiger partial charge in [0.25, 0.3) is 0 Å². The molecule has 1 aliphatic heterocycles. The number of hydrogen-bond donors (Lipinski definition) is 1. The number of aliphatic imine (C=N–C) groups is 1. The van der Waals surface area contributed by atoms with Gasteiger partial charge in [-0.2, -0.15) is 0 Å². The van der Waals surface area contributed by atoms with Crippen LogP contribution in [0.1, 0.15) is 50.6 Å². The van der Waals surface area contributed by atoms with E-state index >= 15 is 0 Å². The predicted molar refractivity (Wildman–Crippen MR) is 93.3 cm³/mol. The number of benzene rings is 1. The first kappa shape index (κ1) is 15.2. The molecule has 0 radical (unpaired) electrons. The summed E-state index contributed by atoms with van der Waals surface area (Å²) in [5.41, 5.74) is 1.75. The van der Waals surface area contributed by atoms with Crippen LogP contribution in [0, 0.1) is 5.41 Å². The quantitative estimate of drug-likeness (QED) is 0.824. The average molecular weight is 323 g/mol. The predicted octanol–water partition coefficient (Wildman–Crippen LogP) is 5.04. The third-order valence-corrected chi connectivity index (χ3v) is 6.23. The molecule has 1 aliphatic carbocycles. The van der Waals surface area contributed by atoms with Crippen LogP contribution in [0.2, 0.25) is 5.02 Å². The van der Waals surface area contributed by atoms with Crippen molar-refractivity contribution < 1.29 is 0 Å². The molecule has 1 aromatic carbocycles. The molecule has 0 aromatic heterocycles. The van der Waals surface area contributed by atoms with E-state index in [1.165, 1.54) is 43.4 Å². The third kappa shape index (κ3) is 3.75. The topological polar surface area (TPSA) is 24.4 Å². The maximum absolute atomic E-state index is 5.94. The molecule has 114 valence electrons. The van der Waals surface area contributed by atoms with Gasteiger partial charge >= 0.3 is 0 Å². The standard InChI is InChI=1S/C17H23ClN2S/c1-13(14-5-7-15(18)8-6-14)20-16-19-11-17(12-21-16)9-3-2-4-10-17/h5-8,13H,2-4,9-12H2,1H3,(H,19,20). The minimum atomic E-state index is 0.272. The van der Waals surface area contributed by atoms with E-state index in [9.17, 15) is 0 Å². The van der Waals surface area contributed by atoms with Crippen LogP contribution in [-0.2, 0) is 0 Å². The third-order valence-electron chi connectivity index (χ3n) is 4.70. The van der Waals surface area contributed by atoms with Gasteiger partial charge in [0, 0.05) is 17.3 Å². The fraction of sp³-hybridized carbons (Fsp3) is 0.588. The van der Waals surface area contributed by atoms with Crippen molar-refractivity contribution in [1.29, 1.82) is 0 Å². The molecule has 4 heteroatoms. The SMILES string of the molecule is CC(NC1=NCC2(CCCCC2)CS1)c1ccc(Cl)cc1. The molecule has 1 N–H and O–H groups in total. The maximum atomic E-state index is 5.94. The van der Waals surface area contributed by atoms with Gasteiger partial charge in [-0.05, 0) is 42.9 Å². The van der Waals surface area contributed by atoms with E-state index in [1.54, 1.807) is 0 Å². The van der Waals surface area contributed by atoms with Crippen molar-refractivity contribution in [2.24, 2.45) is 10.4 Å². The Bertz CT molecular complexity index is 506. The summed E-state index contributed by atoms with van der Waals surface area (Å²) in [7, 11) is 0. The highest BCUT2D eigenvalue weighted by Crippen LogP contribution is 2.41. The smallest absolute Gasteiger partial charge is 0.157 e. The molecule has 3 rings (SSSR count). The molecule has 1 aromatic rings. The highest BCUT2D eigenvalue weighted by atomic mass is 35.5. The van der Waals surface area contributed by atoms with Crippen LogP contribution in [-0.4, -0.2) is 17.5 Å². The summed E-state index contributed by atoms with van der Waals surface area (Å²) < 4.78 is 0. The van der Waals surface area contributed by atoms with E-state index in [2.05, 4.69) is 24.4 Å². The van der Waals surface area contributed by atoms with Gasteiger partial charge in [0.2, 0.25) is 0 Å². The Morgan fingerprint density at radius 1 is 1.19 bits per heavy atom. The first-order valence-electron chi connectivity index (χ1n) is 7.86. The number of amidine groups is 1. The van der Waals surface area contributed by atoms with Crippen molar-refractivity contribution >= 4 is 28.5 Å². The van der Waals surface area contributed by atoms with Gasteiger partial charge in [0.05, 0.1) is 6.04 Å². The minimum absolute atomic E-state index is 0.272. The molecule has 21 heavy (non-hydrogen) atoms. The zero-order valence-corrected chi connectivity index (χ0v) is 14.1. The number of rotatable bonds is 2. The van der Waals surface area contributed by atoms with Gasteiger partial charge < -0.3 is 5.32 Å². The van der Waals surface area contributed by atoms with Crippen molar-refractivity contribution in [2.75, 3.05) is 12.3 Å². The van der Waals surface area contributed by atoms with Gasteiger partial charge in [0.1, 0.15) is 0 Å². The molecular formula is C17H23ClN2S. The highest BCUT2D eigenvalue weighted by molar-refractivity contribution is 8.13. The first-order valence-corrected chi connectivity index (χ1v) is 9.23. The Morgan fingerprint density at radius 3 is 2.52 bits per heavy atom. The second-order valence-corrected chi connectivity index (χ2v) is 7.79. The van der Waals surface area contributed by atoms with E-state index in [-0.39, 0.29) is 6.04 Å². The number of thioether (sulfide) groups is 1. The van der Waals surface area contributed by atoms with Gasteiger partial charge in [-0.3, -0.25) is 4.99 Å². The second kappa shape index (κ2) is 6.62. The Kier molecular flexibility index (Phi) is 4.80. The largest absolute Gasteiger partial charge is 0.358 e. The van der Waals surface area contributed by atoms with Crippen LogP contribution < -0.4 is 5.32 Å². The van der Waals surface area contributed by atoms with Crippen LogP contribution >= 0.6 is 23.4 Å². The first-order chi connectivity index (χ1) is 10.2. The van der Waals surface area contributed by atoms with Crippen molar-refractivity contribution in [3.05, 3.63) is 34.9 Å². The molecule has 1 spiro atoms. The van der Waals surface area contributed by atoms with E-state index < -0.39 is 0 Å². The Labute approximate surface area is 136 Å². The zero-order valence-electron chi connectivity index (χ0n) is 12.6. The molecule has 1 unspecified atom stereocenters. The minimum Gasteiger partial charge on any atom is -0.358 e. The lowest BCUT2D eigenvalue weighted by molar-refractivity contribution is 0.232. The molecule has 0 bridgehead atoms. The number of hydrogen-bond acceptors (Lipinski definition) is 3. The molecule has 1 saturated carbocycles. The van der Waals surface area contributed by atoms with Crippen LogP contribution in [0.15, 0.2) is 29.3 Å². The Balaban J connectivity index is 1.59. The second-order valence-electron chi connectivity index (χ2n) is 6.39. The summed E-state index contributed by atoms with van der Waals surface area (Å²) in [4.78, 5) is 4.83. The summed E-state index contributed by atoms with van der Waals surface area (Å²) in [6.45, 7) is 3.19. The van der Waals surface area contributed by atoms with Crippen molar-refractivity contribution in [1.82, 2.24) is 5.32 Å². The van der Waals surface area contributed by atoms with Crippen LogP contribution in [0.25, 0.3) is 0 Å². The van der Waals surface area contributed by atoms with Gasteiger partial charge in [-0.25, -0.2) is 0 Å². The van der Waals surface area contributed by atoms with Crippen LogP contribution in [0.3, 0.4) is 0 Å². The van der Waals surface area contributed by atoms with Crippen molar-refractivity contribution in [3.8, 4) is 0 Å². The highest BCUT2D eigenvalue weighted by Gasteiger charge is 2.35. The number of halogens is 1. The monoisotopic (exact) mass is 322 g/mol. The summed E-state index contributed by atoms with van der Waals surface area (Å²) in [6, 6.07) is 8.32. The molecule has 0 amide bonds. The van der Waals surface area contributed by atoms with E-state index in [0.717, 1.165) is 16.7 Å². The van der Waals surface area contributed by atoms with Crippen molar-refractivity contribution in [3.63, 3.8) is 0 Å². The number of nitrogens with one attached hydrogen (secondary N) is 1. The summed E-state index contributed by atoms with van der Waals surface area (Å²) >= 11 is 7.85. The summed E-state index contributed by atoms with van der Waals surface area (Å²) in [5.74, 6) is 1.23. The molecule has 2 aliphatic rings. The molecule has 0 saturated heterocycles. The van der Waals surface area contributed by atoms with E-state index in [0.29, 0.717) is 5.41 Å². The van der Waals surface area contributed by atoms with Crippen molar-refractivity contribution in [2.45, 2.75) is 45.1 Å².